The summed E-state index contributed by atoms with van der Waals surface area (Å²) in [5, 5.41) is 0. The average molecular weight is 277 g/mol. The maximum absolute atomic E-state index is 4.47. The summed E-state index contributed by atoms with van der Waals surface area (Å²) >= 11 is 0.213. The third-order valence-electron chi connectivity index (χ3n) is 2.19. The van der Waals surface area contributed by atoms with Gasteiger partial charge in [-0.15, -0.1) is 0 Å². The third kappa shape index (κ3) is 2.91. The van der Waals surface area contributed by atoms with E-state index < -0.39 is 0 Å². The summed E-state index contributed by atoms with van der Waals surface area (Å²) < 4.78 is 2.29. The number of nitrogens with zero attached hydrogens (tertiary/aromatic N) is 2. The van der Waals surface area contributed by atoms with Crippen molar-refractivity contribution >= 4 is 24.1 Å². The summed E-state index contributed by atoms with van der Waals surface area (Å²) in [7, 11) is 0. The predicted octanol–water partition coefficient (Wildman–Crippen LogP) is 1.06. The molecule has 1 aromatic carbocycles. The fourth-order valence-corrected chi connectivity index (χ4v) is 3.26. The number of rotatable bonds is 2. The van der Waals surface area contributed by atoms with Crippen LogP contribution < -0.4 is 9.18 Å². The molecule has 0 amide bonds. The Morgan fingerprint density at radius 1 is 0.875 bits per heavy atom. The van der Waals surface area contributed by atoms with Crippen molar-refractivity contribution in [3.63, 3.8) is 0 Å². The van der Waals surface area contributed by atoms with E-state index >= 15 is 0 Å². The van der Waals surface area contributed by atoms with Crippen LogP contribution in [0.3, 0.4) is 0 Å². The summed E-state index contributed by atoms with van der Waals surface area (Å²) in [6.45, 7) is 6.14. The first kappa shape index (κ1) is 11.3. The van der Waals surface area contributed by atoms with E-state index in [-0.39, 0.29) is 15.0 Å². The molecule has 1 aromatic heterocycles. The van der Waals surface area contributed by atoms with Crippen molar-refractivity contribution in [2.45, 2.75) is 20.8 Å². The number of aryl methyl sites for hydroxylation is 3. The molecule has 0 N–H and O–H groups in total. The van der Waals surface area contributed by atoms with Crippen molar-refractivity contribution in [1.82, 2.24) is 9.97 Å². The van der Waals surface area contributed by atoms with Gasteiger partial charge in [-0.2, -0.15) is 0 Å². The van der Waals surface area contributed by atoms with Gasteiger partial charge in [-0.25, -0.2) is 0 Å². The standard InChI is InChI=1S/C13H14N2Se/c1-9-4-6-12(7-5-9)16-13-14-10(2)8-11(3)15-13/h4-8H,1-3H3. The Morgan fingerprint density at radius 3 is 2.00 bits per heavy atom. The maximum atomic E-state index is 4.47. The van der Waals surface area contributed by atoms with Crippen LogP contribution >= 0.6 is 0 Å². The first-order valence-electron chi connectivity index (χ1n) is 5.20. The monoisotopic (exact) mass is 278 g/mol. The summed E-state index contributed by atoms with van der Waals surface area (Å²) in [4.78, 5) is 8.94. The average Bonchev–Trinajstić information content (AvgIpc) is 2.20. The molecule has 2 nitrogen and oxygen atoms in total. The van der Waals surface area contributed by atoms with Gasteiger partial charge in [0.25, 0.3) is 0 Å². The van der Waals surface area contributed by atoms with Crippen molar-refractivity contribution in [2.75, 3.05) is 0 Å². The van der Waals surface area contributed by atoms with Crippen LogP contribution in [0.2, 0.25) is 0 Å². The van der Waals surface area contributed by atoms with Crippen molar-refractivity contribution in [3.05, 3.63) is 47.3 Å². The molecule has 0 bridgehead atoms. The molecule has 0 saturated heterocycles. The summed E-state index contributed by atoms with van der Waals surface area (Å²) in [6.07, 6.45) is 0. The second-order valence-electron chi connectivity index (χ2n) is 3.85. The van der Waals surface area contributed by atoms with Gasteiger partial charge in [0.05, 0.1) is 0 Å². The normalized spacial score (nSPS) is 10.4. The molecule has 1 heterocycles. The molecule has 0 aliphatic heterocycles. The van der Waals surface area contributed by atoms with Gasteiger partial charge >= 0.3 is 102 Å². The first-order chi connectivity index (χ1) is 7.63. The van der Waals surface area contributed by atoms with E-state index in [1.807, 2.05) is 19.9 Å². The molecule has 2 aromatic rings. The van der Waals surface area contributed by atoms with Crippen LogP contribution in [-0.2, 0) is 0 Å². The summed E-state index contributed by atoms with van der Waals surface area (Å²) in [5.41, 5.74) is 3.40. The molecule has 0 aliphatic rings. The zero-order chi connectivity index (χ0) is 11.5. The van der Waals surface area contributed by atoms with E-state index in [0.29, 0.717) is 0 Å². The zero-order valence-electron chi connectivity index (χ0n) is 9.69. The van der Waals surface area contributed by atoms with Crippen LogP contribution in [0, 0.1) is 20.8 Å². The molecule has 0 fully saturated rings. The van der Waals surface area contributed by atoms with Crippen molar-refractivity contribution in [2.24, 2.45) is 0 Å². The molecule has 0 saturated carbocycles. The van der Waals surface area contributed by atoms with Crippen LogP contribution in [0.5, 0.6) is 0 Å². The van der Waals surface area contributed by atoms with Gasteiger partial charge in [0.2, 0.25) is 0 Å². The Bertz CT molecular complexity index is 472. The molecule has 0 aliphatic carbocycles. The summed E-state index contributed by atoms with van der Waals surface area (Å²) in [5.74, 6) is 0. The molecule has 3 heteroatoms. The Kier molecular flexibility index (Phi) is 3.37. The Hall–Kier alpha value is -1.18. The molecule has 16 heavy (non-hydrogen) atoms. The van der Waals surface area contributed by atoms with Crippen molar-refractivity contribution in [1.29, 1.82) is 0 Å². The second kappa shape index (κ2) is 4.77. The molecule has 0 radical (unpaired) electrons. The fourth-order valence-electron chi connectivity index (χ4n) is 1.45. The van der Waals surface area contributed by atoms with Crippen LogP contribution in [0.4, 0.5) is 0 Å². The van der Waals surface area contributed by atoms with E-state index in [0.717, 1.165) is 16.1 Å². The first-order valence-corrected chi connectivity index (χ1v) is 6.91. The zero-order valence-corrected chi connectivity index (χ0v) is 11.4. The van der Waals surface area contributed by atoms with Crippen molar-refractivity contribution in [3.8, 4) is 0 Å². The van der Waals surface area contributed by atoms with E-state index in [1.54, 1.807) is 0 Å². The Labute approximate surface area is 102 Å². The SMILES string of the molecule is Cc1ccc([Se]c2nc(C)cc(C)n2)cc1. The van der Waals surface area contributed by atoms with E-state index in [2.05, 4.69) is 41.2 Å². The minimum absolute atomic E-state index is 0.213. The fraction of sp³-hybridized carbons (Fsp3) is 0.231. The molecule has 82 valence electrons. The third-order valence-corrected chi connectivity index (χ3v) is 4.02. The number of aromatic nitrogens is 2. The summed E-state index contributed by atoms with van der Waals surface area (Å²) in [6, 6.07) is 10.6. The topological polar surface area (TPSA) is 25.8 Å². The molecule has 0 unspecified atom stereocenters. The van der Waals surface area contributed by atoms with Gasteiger partial charge in [-0.05, 0) is 0 Å². The van der Waals surface area contributed by atoms with Gasteiger partial charge in [0.15, 0.2) is 0 Å². The number of hydrogen-bond acceptors (Lipinski definition) is 2. The molecule has 0 atom stereocenters. The number of hydrogen-bond donors (Lipinski definition) is 0. The number of benzene rings is 1. The Balaban J connectivity index is 2.23. The predicted molar refractivity (Wildman–Crippen MR) is 67.7 cm³/mol. The Morgan fingerprint density at radius 2 is 1.44 bits per heavy atom. The second-order valence-corrected chi connectivity index (χ2v) is 6.03. The van der Waals surface area contributed by atoms with Gasteiger partial charge in [0, 0.05) is 0 Å². The molecule has 0 spiro atoms. The van der Waals surface area contributed by atoms with E-state index in [1.165, 1.54) is 10.0 Å². The van der Waals surface area contributed by atoms with Gasteiger partial charge < -0.3 is 0 Å². The molecule has 2 rings (SSSR count). The van der Waals surface area contributed by atoms with Gasteiger partial charge in [-0.1, -0.05) is 0 Å². The van der Waals surface area contributed by atoms with Crippen LogP contribution in [0.15, 0.2) is 30.3 Å². The molecular formula is C13H14N2Se. The van der Waals surface area contributed by atoms with Gasteiger partial charge in [0.1, 0.15) is 0 Å². The van der Waals surface area contributed by atoms with Crippen LogP contribution in [-0.4, -0.2) is 24.9 Å². The molecular weight excluding hydrogens is 263 g/mol. The van der Waals surface area contributed by atoms with Gasteiger partial charge in [-0.3, -0.25) is 0 Å². The van der Waals surface area contributed by atoms with Crippen LogP contribution in [0.1, 0.15) is 17.0 Å². The minimum atomic E-state index is 0.213. The van der Waals surface area contributed by atoms with E-state index in [9.17, 15) is 0 Å². The quantitative estimate of drug-likeness (QED) is 0.767. The van der Waals surface area contributed by atoms with Crippen molar-refractivity contribution < 1.29 is 0 Å². The van der Waals surface area contributed by atoms with E-state index in [4.69, 9.17) is 0 Å². The van der Waals surface area contributed by atoms with Crippen LogP contribution in [0.25, 0.3) is 0 Å².